The quantitative estimate of drug-likeness (QED) is 0.452. The Bertz CT molecular complexity index is 1100. The minimum Gasteiger partial charge on any atom is -0.839 e. The molecule has 35 heavy (non-hydrogen) atoms. The van der Waals surface area contributed by atoms with Crippen LogP contribution in [0, 0.1) is 11.8 Å². The van der Waals surface area contributed by atoms with E-state index in [1.165, 1.54) is 19.3 Å². The number of ether oxygens (including phenoxy) is 1. The van der Waals surface area contributed by atoms with Gasteiger partial charge in [-0.05, 0) is 29.2 Å². The molecule has 0 N–H and O–H groups in total. The summed E-state index contributed by atoms with van der Waals surface area (Å²) in [6.45, 7) is 4.04. The van der Waals surface area contributed by atoms with Gasteiger partial charge in [-0.2, -0.15) is 0 Å². The number of aromatic nitrogens is 1. The zero-order chi connectivity index (χ0) is 23.7. The molecule has 2 bridgehead atoms. The highest BCUT2D eigenvalue weighted by Crippen LogP contribution is 2.42. The van der Waals surface area contributed by atoms with Crippen molar-refractivity contribution in [2.24, 2.45) is 11.8 Å². The van der Waals surface area contributed by atoms with Crippen LogP contribution in [0.4, 0.5) is 0 Å². The van der Waals surface area contributed by atoms with E-state index in [1.54, 1.807) is 0 Å². The lowest BCUT2D eigenvalue weighted by Crippen LogP contribution is -2.64. The van der Waals surface area contributed by atoms with Gasteiger partial charge in [0.25, 0.3) is 0 Å². The summed E-state index contributed by atoms with van der Waals surface area (Å²) in [5.74, 6) is 2.79. The van der Waals surface area contributed by atoms with Crippen molar-refractivity contribution in [2.75, 3.05) is 19.6 Å². The third-order valence-electron chi connectivity index (χ3n) is 8.82. The Morgan fingerprint density at radius 2 is 1.60 bits per heavy atom. The van der Waals surface area contributed by atoms with Crippen LogP contribution in [0.3, 0.4) is 0 Å². The first-order chi connectivity index (χ1) is 17.1. The fourth-order valence-corrected chi connectivity index (χ4v) is 6.86. The number of oxazole rings is 1. The maximum Gasteiger partial charge on any atom is 0.188 e. The maximum absolute atomic E-state index is 14.6. The minimum atomic E-state index is -1.42. The lowest BCUT2D eigenvalue weighted by molar-refractivity contribution is -0.958. The topological polar surface area (TPSA) is 58.3 Å². The number of fused-ring (bicyclic) bond motifs is 3. The molecular weight excluding hydrogens is 436 g/mol. The van der Waals surface area contributed by atoms with Crippen LogP contribution in [0.5, 0.6) is 5.75 Å². The summed E-state index contributed by atoms with van der Waals surface area (Å²) >= 11 is 0. The van der Waals surface area contributed by atoms with Gasteiger partial charge in [0, 0.05) is 18.8 Å². The first-order valence-electron chi connectivity index (χ1n) is 13.4. The molecule has 4 aliphatic rings. The van der Waals surface area contributed by atoms with Crippen LogP contribution in [0.2, 0.25) is 0 Å². The molecule has 5 heteroatoms. The zero-order valence-electron chi connectivity index (χ0n) is 20.5. The van der Waals surface area contributed by atoms with E-state index < -0.39 is 5.60 Å². The van der Waals surface area contributed by atoms with Crippen molar-refractivity contribution in [1.29, 1.82) is 0 Å². The highest BCUT2D eigenvalue weighted by Gasteiger charge is 2.48. The average Bonchev–Trinajstić information content (AvgIpc) is 3.39. The molecule has 2 atom stereocenters. The summed E-state index contributed by atoms with van der Waals surface area (Å²) in [7, 11) is 0. The second-order valence-corrected chi connectivity index (χ2v) is 11.0. The van der Waals surface area contributed by atoms with Crippen LogP contribution in [-0.2, 0) is 12.1 Å². The van der Waals surface area contributed by atoms with Gasteiger partial charge in [0.15, 0.2) is 17.8 Å². The Morgan fingerprint density at radius 3 is 2.31 bits per heavy atom. The third-order valence-corrected chi connectivity index (χ3v) is 8.82. The molecule has 184 valence electrons. The SMILES string of the molecule is [O-][C@](c1ccccc1)(c1ncc(C[N+]23CCC(CC2)[C@@H](Oc2ccccc2)C3)o1)C1CCCCC1. The van der Waals surface area contributed by atoms with Crippen molar-refractivity contribution >= 4 is 0 Å². The lowest BCUT2D eigenvalue weighted by atomic mass is 9.73. The van der Waals surface area contributed by atoms with Gasteiger partial charge in [0.1, 0.15) is 18.8 Å². The van der Waals surface area contributed by atoms with Gasteiger partial charge >= 0.3 is 0 Å². The van der Waals surface area contributed by atoms with Gasteiger partial charge in [-0.15, -0.1) is 0 Å². The molecule has 3 saturated heterocycles. The van der Waals surface area contributed by atoms with E-state index in [4.69, 9.17) is 9.15 Å². The molecule has 4 fully saturated rings. The van der Waals surface area contributed by atoms with Gasteiger partial charge in [-0.25, -0.2) is 4.98 Å². The first-order valence-corrected chi connectivity index (χ1v) is 13.4. The van der Waals surface area contributed by atoms with Gasteiger partial charge in [0.2, 0.25) is 0 Å². The summed E-state index contributed by atoms with van der Waals surface area (Å²) in [4.78, 5) is 4.65. The molecule has 1 aliphatic carbocycles. The lowest BCUT2D eigenvalue weighted by Gasteiger charge is -2.51. The van der Waals surface area contributed by atoms with Crippen LogP contribution < -0.4 is 9.84 Å². The van der Waals surface area contributed by atoms with Crippen molar-refractivity contribution < 1.29 is 18.7 Å². The van der Waals surface area contributed by atoms with Gasteiger partial charge in [0.05, 0.1) is 19.3 Å². The predicted octanol–water partition coefficient (Wildman–Crippen LogP) is 5.05. The number of quaternary nitrogens is 1. The van der Waals surface area contributed by atoms with E-state index in [2.05, 4.69) is 4.98 Å². The molecule has 3 aliphatic heterocycles. The number of para-hydroxylation sites is 1. The standard InChI is InChI=1S/C30H36N2O3/c33-30(24-10-4-1-5-11-24,25-12-6-2-7-13-25)29-31-20-27(35-29)21-32-18-16-23(17-19-32)28(22-32)34-26-14-8-3-9-15-26/h1,3-5,8-11,14-15,20,23,25,28H,2,6-7,12-13,16-19,21-22H2/t23?,28-,30-,32?/m0/s1. The Hall–Kier alpha value is -2.63. The van der Waals surface area contributed by atoms with E-state index in [-0.39, 0.29) is 12.0 Å². The minimum absolute atomic E-state index is 0.0200. The second-order valence-electron chi connectivity index (χ2n) is 11.0. The van der Waals surface area contributed by atoms with Crippen LogP contribution in [0.1, 0.15) is 62.2 Å². The van der Waals surface area contributed by atoms with Gasteiger partial charge < -0.3 is 18.7 Å². The van der Waals surface area contributed by atoms with E-state index >= 15 is 0 Å². The summed E-state index contributed by atoms with van der Waals surface area (Å²) in [6.07, 6.45) is 9.73. The number of rotatable bonds is 7. The Morgan fingerprint density at radius 1 is 0.914 bits per heavy atom. The molecule has 2 aromatic carbocycles. The molecule has 1 saturated carbocycles. The van der Waals surface area contributed by atoms with E-state index in [9.17, 15) is 5.11 Å². The summed E-state index contributed by atoms with van der Waals surface area (Å²) < 4.78 is 13.8. The highest BCUT2D eigenvalue weighted by atomic mass is 16.5. The average molecular weight is 473 g/mol. The number of hydrogen-bond donors (Lipinski definition) is 0. The van der Waals surface area contributed by atoms with Crippen molar-refractivity contribution in [2.45, 2.75) is 63.2 Å². The molecule has 0 amide bonds. The molecule has 5 nitrogen and oxygen atoms in total. The third kappa shape index (κ3) is 4.41. The Kier molecular flexibility index (Phi) is 6.15. The largest absolute Gasteiger partial charge is 0.839 e. The summed E-state index contributed by atoms with van der Waals surface area (Å²) in [6, 6.07) is 20.0. The van der Waals surface area contributed by atoms with E-state index in [0.717, 1.165) is 73.4 Å². The van der Waals surface area contributed by atoms with E-state index in [1.807, 2.05) is 66.9 Å². The van der Waals surface area contributed by atoms with Crippen molar-refractivity contribution in [3.63, 3.8) is 0 Å². The molecule has 4 heterocycles. The first kappa shape index (κ1) is 22.8. The second kappa shape index (κ2) is 9.44. The van der Waals surface area contributed by atoms with E-state index in [0.29, 0.717) is 11.8 Å². The zero-order valence-corrected chi connectivity index (χ0v) is 20.5. The fraction of sp³-hybridized carbons (Fsp3) is 0.500. The molecule has 3 aromatic rings. The molecule has 0 spiro atoms. The van der Waals surface area contributed by atoms with Crippen molar-refractivity contribution in [3.8, 4) is 5.75 Å². The number of benzene rings is 2. The molecule has 7 rings (SSSR count). The van der Waals surface area contributed by atoms with Crippen LogP contribution in [0.25, 0.3) is 0 Å². The molecular formula is C30H36N2O3. The monoisotopic (exact) mass is 472 g/mol. The Labute approximate surface area is 208 Å². The smallest absolute Gasteiger partial charge is 0.188 e. The predicted molar refractivity (Wildman–Crippen MR) is 132 cm³/mol. The summed E-state index contributed by atoms with van der Waals surface area (Å²) in [5, 5.41) is 14.6. The number of piperidine rings is 3. The van der Waals surface area contributed by atoms with Crippen molar-refractivity contribution in [1.82, 2.24) is 4.98 Å². The Balaban J connectivity index is 1.24. The van der Waals surface area contributed by atoms with Crippen LogP contribution in [-0.4, -0.2) is 35.2 Å². The van der Waals surface area contributed by atoms with Crippen LogP contribution >= 0.6 is 0 Å². The van der Waals surface area contributed by atoms with Gasteiger partial charge in [-0.1, -0.05) is 80.6 Å². The number of hydrogen-bond acceptors (Lipinski definition) is 4. The van der Waals surface area contributed by atoms with Crippen molar-refractivity contribution in [3.05, 3.63) is 84.1 Å². The highest BCUT2D eigenvalue weighted by molar-refractivity contribution is 5.29. The number of nitrogens with zero attached hydrogens (tertiary/aromatic N) is 2. The van der Waals surface area contributed by atoms with Crippen LogP contribution in [0.15, 0.2) is 71.3 Å². The molecule has 0 radical (unpaired) electrons. The fourth-order valence-electron chi connectivity index (χ4n) is 6.86. The molecule has 0 unspecified atom stereocenters. The maximum atomic E-state index is 14.6. The molecule has 1 aromatic heterocycles. The van der Waals surface area contributed by atoms with Gasteiger partial charge in [-0.3, -0.25) is 0 Å². The summed E-state index contributed by atoms with van der Waals surface area (Å²) in [5.41, 5.74) is -0.643. The normalized spacial score (nSPS) is 28.5.